The molecule has 17 heavy (non-hydrogen) atoms. The van der Waals surface area contributed by atoms with E-state index in [1.165, 1.54) is 0 Å². The Morgan fingerprint density at radius 1 is 1.29 bits per heavy atom. The van der Waals surface area contributed by atoms with E-state index < -0.39 is 0 Å². The highest BCUT2D eigenvalue weighted by atomic mass is 32.1. The first-order valence-corrected chi connectivity index (χ1v) is 6.13. The number of thiazole rings is 1. The zero-order chi connectivity index (χ0) is 11.5. The standard InChI is InChI=1S/C12H10N4S/c1-2-5-14-10(4-1)12-15-6-3-7-16(12)11-8-13-9-17-11/h1-6,8-9H,7H2. The van der Waals surface area contributed by atoms with Crippen molar-refractivity contribution in [2.45, 2.75) is 0 Å². The van der Waals surface area contributed by atoms with Gasteiger partial charge in [-0.1, -0.05) is 6.07 Å². The number of hydrogen-bond acceptors (Lipinski definition) is 5. The minimum Gasteiger partial charge on any atom is -0.311 e. The summed E-state index contributed by atoms with van der Waals surface area (Å²) < 4.78 is 0. The van der Waals surface area contributed by atoms with Crippen LogP contribution in [0.3, 0.4) is 0 Å². The third kappa shape index (κ3) is 1.97. The molecular weight excluding hydrogens is 232 g/mol. The summed E-state index contributed by atoms with van der Waals surface area (Å²) in [6.07, 6.45) is 7.47. The van der Waals surface area contributed by atoms with Crippen LogP contribution in [0.2, 0.25) is 0 Å². The monoisotopic (exact) mass is 242 g/mol. The fourth-order valence-corrected chi connectivity index (χ4v) is 2.31. The Kier molecular flexibility index (Phi) is 2.67. The maximum absolute atomic E-state index is 4.42. The molecule has 0 radical (unpaired) electrons. The summed E-state index contributed by atoms with van der Waals surface area (Å²) >= 11 is 1.60. The van der Waals surface area contributed by atoms with Crippen LogP contribution in [-0.4, -0.2) is 22.3 Å². The van der Waals surface area contributed by atoms with E-state index in [9.17, 15) is 0 Å². The van der Waals surface area contributed by atoms with E-state index in [0.717, 1.165) is 23.1 Å². The van der Waals surface area contributed by atoms with Gasteiger partial charge in [-0.3, -0.25) is 9.97 Å². The van der Waals surface area contributed by atoms with Gasteiger partial charge in [0.1, 0.15) is 10.7 Å². The van der Waals surface area contributed by atoms with E-state index in [1.807, 2.05) is 42.2 Å². The molecular formula is C12H10N4S. The molecule has 0 bridgehead atoms. The second-order valence-electron chi connectivity index (χ2n) is 3.50. The molecule has 3 rings (SSSR count). The number of hydrogen-bond donors (Lipinski definition) is 0. The highest BCUT2D eigenvalue weighted by molar-refractivity contribution is 7.14. The van der Waals surface area contributed by atoms with Gasteiger partial charge in [-0.05, 0) is 18.2 Å². The zero-order valence-corrected chi connectivity index (χ0v) is 9.84. The normalized spacial score (nSPS) is 14.8. The van der Waals surface area contributed by atoms with Crippen LogP contribution in [0.25, 0.3) is 0 Å². The van der Waals surface area contributed by atoms with Gasteiger partial charge in [-0.2, -0.15) is 0 Å². The predicted octanol–water partition coefficient (Wildman–Crippen LogP) is 2.32. The summed E-state index contributed by atoms with van der Waals surface area (Å²) in [4.78, 5) is 15.0. The summed E-state index contributed by atoms with van der Waals surface area (Å²) in [5.41, 5.74) is 2.70. The van der Waals surface area contributed by atoms with Crippen molar-refractivity contribution < 1.29 is 0 Å². The molecule has 2 aromatic heterocycles. The zero-order valence-electron chi connectivity index (χ0n) is 9.02. The van der Waals surface area contributed by atoms with Gasteiger partial charge in [0.2, 0.25) is 0 Å². The summed E-state index contributed by atoms with van der Waals surface area (Å²) in [5, 5.41) is 1.08. The predicted molar refractivity (Wildman–Crippen MR) is 69.4 cm³/mol. The van der Waals surface area contributed by atoms with Gasteiger partial charge in [0, 0.05) is 18.9 Å². The van der Waals surface area contributed by atoms with Crippen LogP contribution in [0.5, 0.6) is 0 Å². The number of amidine groups is 1. The molecule has 84 valence electrons. The molecule has 0 aromatic carbocycles. The average molecular weight is 242 g/mol. The van der Waals surface area contributed by atoms with Gasteiger partial charge in [-0.25, -0.2) is 4.99 Å². The van der Waals surface area contributed by atoms with Crippen LogP contribution < -0.4 is 4.90 Å². The van der Waals surface area contributed by atoms with E-state index in [-0.39, 0.29) is 0 Å². The number of anilines is 1. The van der Waals surface area contributed by atoms with Crippen molar-refractivity contribution in [2.75, 3.05) is 11.4 Å². The van der Waals surface area contributed by atoms with E-state index in [0.29, 0.717) is 0 Å². The lowest BCUT2D eigenvalue weighted by Crippen LogP contribution is -2.33. The molecule has 0 aliphatic carbocycles. The van der Waals surface area contributed by atoms with E-state index in [1.54, 1.807) is 17.5 Å². The van der Waals surface area contributed by atoms with Crippen LogP contribution in [0, 0.1) is 0 Å². The minimum absolute atomic E-state index is 0.803. The third-order valence-electron chi connectivity index (χ3n) is 2.43. The molecule has 2 aromatic rings. The Morgan fingerprint density at radius 2 is 2.29 bits per heavy atom. The molecule has 0 unspecified atom stereocenters. The van der Waals surface area contributed by atoms with Crippen molar-refractivity contribution in [3.8, 4) is 0 Å². The van der Waals surface area contributed by atoms with Crippen LogP contribution in [0.15, 0.2) is 53.4 Å². The number of pyridine rings is 1. The summed E-state index contributed by atoms with van der Waals surface area (Å²) in [6.45, 7) is 0.803. The summed E-state index contributed by atoms with van der Waals surface area (Å²) in [7, 11) is 0. The van der Waals surface area contributed by atoms with Crippen molar-refractivity contribution in [1.29, 1.82) is 0 Å². The Morgan fingerprint density at radius 3 is 3.06 bits per heavy atom. The van der Waals surface area contributed by atoms with Gasteiger partial charge < -0.3 is 4.90 Å². The Balaban J connectivity index is 2.01. The molecule has 4 nitrogen and oxygen atoms in total. The summed E-state index contributed by atoms with van der Waals surface area (Å²) in [5.74, 6) is 0.873. The van der Waals surface area contributed by atoms with Crippen molar-refractivity contribution >= 4 is 22.2 Å². The molecule has 0 spiro atoms. The van der Waals surface area contributed by atoms with Crippen molar-refractivity contribution in [2.24, 2.45) is 4.99 Å². The van der Waals surface area contributed by atoms with Gasteiger partial charge in [0.25, 0.3) is 0 Å². The first-order chi connectivity index (χ1) is 8.45. The van der Waals surface area contributed by atoms with Gasteiger partial charge in [-0.15, -0.1) is 11.3 Å². The quantitative estimate of drug-likeness (QED) is 0.811. The lowest BCUT2D eigenvalue weighted by Gasteiger charge is -2.24. The topological polar surface area (TPSA) is 41.4 Å². The SMILES string of the molecule is C1=CN=C(c2ccccn2)N(c2cncs2)C1. The first-order valence-electron chi connectivity index (χ1n) is 5.25. The molecule has 1 aliphatic heterocycles. The Labute approximate surface area is 103 Å². The van der Waals surface area contributed by atoms with Crippen LogP contribution >= 0.6 is 11.3 Å². The second-order valence-corrected chi connectivity index (χ2v) is 4.37. The van der Waals surface area contributed by atoms with Crippen LogP contribution in [0.4, 0.5) is 5.00 Å². The minimum atomic E-state index is 0.803. The smallest absolute Gasteiger partial charge is 0.159 e. The lowest BCUT2D eigenvalue weighted by atomic mass is 10.3. The highest BCUT2D eigenvalue weighted by Gasteiger charge is 2.18. The van der Waals surface area contributed by atoms with Gasteiger partial charge >= 0.3 is 0 Å². The second kappa shape index (κ2) is 4.47. The fraction of sp³-hybridized carbons (Fsp3) is 0.0833. The Bertz CT molecular complexity index is 545. The maximum atomic E-state index is 4.42. The van der Waals surface area contributed by atoms with Crippen LogP contribution in [0.1, 0.15) is 5.69 Å². The third-order valence-corrected chi connectivity index (χ3v) is 3.22. The number of aromatic nitrogens is 2. The molecule has 5 heteroatoms. The molecule has 0 saturated heterocycles. The van der Waals surface area contributed by atoms with E-state index in [4.69, 9.17) is 0 Å². The molecule has 3 heterocycles. The highest BCUT2D eigenvalue weighted by Crippen LogP contribution is 2.22. The largest absolute Gasteiger partial charge is 0.311 e. The Hall–Kier alpha value is -2.01. The van der Waals surface area contributed by atoms with E-state index in [2.05, 4.69) is 19.9 Å². The van der Waals surface area contributed by atoms with E-state index >= 15 is 0 Å². The molecule has 0 fully saturated rings. The summed E-state index contributed by atoms with van der Waals surface area (Å²) in [6, 6.07) is 5.83. The molecule has 1 aliphatic rings. The van der Waals surface area contributed by atoms with Gasteiger partial charge in [0.15, 0.2) is 5.84 Å². The van der Waals surface area contributed by atoms with Crippen molar-refractivity contribution in [3.05, 3.63) is 54.1 Å². The number of aliphatic imine (C=N–C) groups is 1. The molecule has 0 saturated carbocycles. The molecule has 0 amide bonds. The fourth-order valence-electron chi connectivity index (χ4n) is 1.67. The lowest BCUT2D eigenvalue weighted by molar-refractivity contribution is 1.09. The van der Waals surface area contributed by atoms with Crippen molar-refractivity contribution in [1.82, 2.24) is 9.97 Å². The van der Waals surface area contributed by atoms with Crippen molar-refractivity contribution in [3.63, 3.8) is 0 Å². The average Bonchev–Trinajstić information content (AvgIpc) is 2.94. The number of rotatable bonds is 2. The first kappa shape index (κ1) is 10.2. The van der Waals surface area contributed by atoms with Gasteiger partial charge in [0.05, 0.1) is 11.7 Å². The van der Waals surface area contributed by atoms with Crippen LogP contribution in [-0.2, 0) is 0 Å². The molecule has 0 atom stereocenters. The molecule has 0 N–H and O–H groups in total. The number of nitrogens with zero attached hydrogens (tertiary/aromatic N) is 4. The maximum Gasteiger partial charge on any atom is 0.159 e.